The molecule has 1 aliphatic heterocycles. The largest absolute Gasteiger partial charge is 0.305 e. The summed E-state index contributed by atoms with van der Waals surface area (Å²) in [5, 5.41) is 3.74. The molecule has 1 fully saturated rings. The fraction of sp³-hybridized carbons (Fsp3) is 0.556. The van der Waals surface area contributed by atoms with Gasteiger partial charge in [-0.1, -0.05) is 50.1 Å². The Bertz CT molecular complexity index is 474. The maximum Gasteiger partial charge on any atom is 0.0686 e. The highest BCUT2D eigenvalue weighted by molar-refractivity contribution is 5.25. The number of nitrogens with one attached hydrogen (secondary N) is 1. The Kier molecular flexibility index (Phi) is 4.52. The van der Waals surface area contributed by atoms with Crippen molar-refractivity contribution in [1.82, 2.24) is 10.2 Å². The van der Waals surface area contributed by atoms with Gasteiger partial charge in [-0.3, -0.25) is 4.90 Å². The minimum atomic E-state index is -0.0300. The van der Waals surface area contributed by atoms with E-state index in [0.717, 1.165) is 13.1 Å². The molecule has 0 aromatic heterocycles. The van der Waals surface area contributed by atoms with Gasteiger partial charge in [0.15, 0.2) is 0 Å². The van der Waals surface area contributed by atoms with Gasteiger partial charge in [0.25, 0.3) is 0 Å². The first-order valence-electron chi connectivity index (χ1n) is 7.50. The summed E-state index contributed by atoms with van der Waals surface area (Å²) in [5.74, 6) is 3.50. The summed E-state index contributed by atoms with van der Waals surface area (Å²) >= 11 is 0. The predicted octanol–water partition coefficient (Wildman–Crippen LogP) is 2.85. The van der Waals surface area contributed by atoms with E-state index in [-0.39, 0.29) is 11.6 Å². The lowest BCUT2D eigenvalue weighted by atomic mass is 9.85. The highest BCUT2D eigenvalue weighted by Gasteiger charge is 2.39. The van der Waals surface area contributed by atoms with Crippen molar-refractivity contribution in [3.05, 3.63) is 35.9 Å². The van der Waals surface area contributed by atoms with Crippen LogP contribution in [0, 0.1) is 18.3 Å². The lowest BCUT2D eigenvalue weighted by Crippen LogP contribution is -2.64. The van der Waals surface area contributed by atoms with E-state index in [4.69, 9.17) is 6.42 Å². The molecule has 108 valence electrons. The molecule has 2 rings (SSSR count). The molecule has 20 heavy (non-hydrogen) atoms. The number of terminal acetylenes is 1. The lowest BCUT2D eigenvalue weighted by Gasteiger charge is -2.49. The van der Waals surface area contributed by atoms with Crippen LogP contribution in [0.25, 0.3) is 0 Å². The van der Waals surface area contributed by atoms with Crippen LogP contribution in [0.4, 0.5) is 0 Å². The highest BCUT2D eigenvalue weighted by Crippen LogP contribution is 2.29. The molecule has 1 saturated heterocycles. The van der Waals surface area contributed by atoms with Gasteiger partial charge in [0.2, 0.25) is 0 Å². The van der Waals surface area contributed by atoms with Crippen LogP contribution in [-0.2, 0) is 5.54 Å². The predicted molar refractivity (Wildman–Crippen MR) is 85.4 cm³/mol. The van der Waals surface area contributed by atoms with E-state index in [1.807, 2.05) is 0 Å². The van der Waals surface area contributed by atoms with Crippen LogP contribution >= 0.6 is 0 Å². The minimum absolute atomic E-state index is 0.0300. The van der Waals surface area contributed by atoms with E-state index in [9.17, 15) is 0 Å². The summed E-state index contributed by atoms with van der Waals surface area (Å²) in [7, 11) is 0. The zero-order chi connectivity index (χ0) is 14.8. The maximum absolute atomic E-state index is 5.68. The molecule has 1 aromatic rings. The van der Waals surface area contributed by atoms with Gasteiger partial charge in [-0.05, 0) is 25.3 Å². The summed E-state index contributed by atoms with van der Waals surface area (Å²) < 4.78 is 0. The third-order valence-electron chi connectivity index (χ3n) is 4.55. The molecule has 2 nitrogen and oxygen atoms in total. The van der Waals surface area contributed by atoms with Gasteiger partial charge in [0, 0.05) is 19.1 Å². The fourth-order valence-electron chi connectivity index (χ4n) is 3.12. The van der Waals surface area contributed by atoms with Crippen molar-refractivity contribution in [3.8, 4) is 12.3 Å². The van der Waals surface area contributed by atoms with Crippen LogP contribution in [0.5, 0.6) is 0 Å². The molecule has 1 aromatic carbocycles. The molecular weight excluding hydrogens is 244 g/mol. The number of nitrogens with zero attached hydrogens (tertiary/aromatic N) is 1. The minimum Gasteiger partial charge on any atom is -0.305 e. The summed E-state index contributed by atoms with van der Waals surface area (Å²) in [6.45, 7) is 10.9. The molecule has 0 spiro atoms. The van der Waals surface area contributed by atoms with Crippen molar-refractivity contribution in [1.29, 1.82) is 0 Å². The van der Waals surface area contributed by atoms with Gasteiger partial charge in [-0.2, -0.15) is 0 Å². The summed E-state index contributed by atoms with van der Waals surface area (Å²) in [4.78, 5) is 2.48. The highest BCUT2D eigenvalue weighted by atomic mass is 15.3. The number of benzene rings is 1. The van der Waals surface area contributed by atoms with Crippen molar-refractivity contribution >= 4 is 0 Å². The van der Waals surface area contributed by atoms with Crippen LogP contribution in [0.15, 0.2) is 30.3 Å². The van der Waals surface area contributed by atoms with Crippen LogP contribution in [0.1, 0.15) is 33.3 Å². The summed E-state index contributed by atoms with van der Waals surface area (Å²) in [6, 6.07) is 11.3. The van der Waals surface area contributed by atoms with Gasteiger partial charge in [0.05, 0.1) is 11.6 Å². The maximum atomic E-state index is 5.68. The zero-order valence-electron chi connectivity index (χ0n) is 13.1. The molecule has 1 N–H and O–H groups in total. The van der Waals surface area contributed by atoms with Crippen molar-refractivity contribution in [3.63, 3.8) is 0 Å². The van der Waals surface area contributed by atoms with Gasteiger partial charge < -0.3 is 5.32 Å². The summed E-state index contributed by atoms with van der Waals surface area (Å²) in [5.41, 5.74) is 1.30. The van der Waals surface area contributed by atoms with Crippen molar-refractivity contribution < 1.29 is 0 Å². The zero-order valence-corrected chi connectivity index (χ0v) is 13.1. The van der Waals surface area contributed by atoms with E-state index in [0.29, 0.717) is 12.0 Å². The molecule has 0 bridgehead atoms. The number of hydrogen-bond donors (Lipinski definition) is 1. The van der Waals surface area contributed by atoms with Gasteiger partial charge in [-0.25, -0.2) is 0 Å². The third-order valence-corrected chi connectivity index (χ3v) is 4.55. The SMILES string of the molecule is C#CC(C)N1CC(C)(c2ccccc2)NCC1C(C)C. The molecule has 0 saturated carbocycles. The van der Waals surface area contributed by atoms with Crippen LogP contribution in [0.2, 0.25) is 0 Å². The van der Waals surface area contributed by atoms with E-state index in [1.165, 1.54) is 5.56 Å². The molecule has 3 unspecified atom stereocenters. The van der Waals surface area contributed by atoms with Crippen molar-refractivity contribution in [2.75, 3.05) is 13.1 Å². The molecule has 0 aliphatic carbocycles. The second-order valence-electron chi connectivity index (χ2n) is 6.41. The average molecular weight is 270 g/mol. The third kappa shape index (κ3) is 2.90. The molecule has 0 amide bonds. The molecule has 1 aliphatic rings. The second kappa shape index (κ2) is 5.99. The lowest BCUT2D eigenvalue weighted by molar-refractivity contribution is 0.0472. The Morgan fingerprint density at radius 1 is 1.30 bits per heavy atom. The second-order valence-corrected chi connectivity index (χ2v) is 6.41. The fourth-order valence-corrected chi connectivity index (χ4v) is 3.12. The Balaban J connectivity index is 2.27. The van der Waals surface area contributed by atoms with Gasteiger partial charge >= 0.3 is 0 Å². The Labute approximate surface area is 123 Å². The Hall–Kier alpha value is -1.30. The topological polar surface area (TPSA) is 15.3 Å². The monoisotopic (exact) mass is 270 g/mol. The van der Waals surface area contributed by atoms with Crippen molar-refractivity contribution in [2.45, 2.75) is 45.3 Å². The van der Waals surface area contributed by atoms with Crippen LogP contribution in [0.3, 0.4) is 0 Å². The van der Waals surface area contributed by atoms with E-state index in [1.54, 1.807) is 0 Å². The smallest absolute Gasteiger partial charge is 0.0686 e. The average Bonchev–Trinajstić information content (AvgIpc) is 2.47. The summed E-state index contributed by atoms with van der Waals surface area (Å²) in [6.07, 6.45) is 5.68. The van der Waals surface area contributed by atoms with Crippen molar-refractivity contribution in [2.24, 2.45) is 5.92 Å². The van der Waals surface area contributed by atoms with Crippen LogP contribution < -0.4 is 5.32 Å². The van der Waals surface area contributed by atoms with E-state index < -0.39 is 0 Å². The molecule has 0 radical (unpaired) electrons. The van der Waals surface area contributed by atoms with Gasteiger partial charge in [0.1, 0.15) is 0 Å². The molecular formula is C18H26N2. The first kappa shape index (κ1) is 15.1. The number of piperazine rings is 1. The first-order valence-corrected chi connectivity index (χ1v) is 7.50. The van der Waals surface area contributed by atoms with Crippen LogP contribution in [-0.4, -0.2) is 30.1 Å². The standard InChI is InChI=1S/C18H26N2/c1-6-15(4)20-13-18(5,16-10-8-7-9-11-16)19-12-17(20)14(2)3/h1,7-11,14-15,17,19H,12-13H2,2-5H3. The molecule has 1 heterocycles. The Morgan fingerprint density at radius 3 is 2.50 bits per heavy atom. The first-order chi connectivity index (χ1) is 9.48. The van der Waals surface area contributed by atoms with Gasteiger partial charge in [-0.15, -0.1) is 6.42 Å². The quantitative estimate of drug-likeness (QED) is 0.850. The van der Waals surface area contributed by atoms with E-state index >= 15 is 0 Å². The molecule has 2 heteroatoms. The number of rotatable bonds is 3. The Morgan fingerprint density at radius 2 is 1.95 bits per heavy atom. The number of hydrogen-bond acceptors (Lipinski definition) is 2. The normalized spacial score (nSPS) is 29.1. The van der Waals surface area contributed by atoms with E-state index in [2.05, 4.69) is 74.2 Å². The molecule has 3 atom stereocenters.